The standard InChI is InChI=1S/C21H28N6O3/c1-2-27-20-17(12-24-27)18(25-15-3-5-29-6-4-15)13(11-23-20)7-16-10-21(30-26-16)8-14(9-21)19(22)28/h10-12,14-15,26H,2-9H2,1H3,(H2,22,28)(H,23,25). The summed E-state index contributed by atoms with van der Waals surface area (Å²) >= 11 is 0. The first-order valence-electron chi connectivity index (χ1n) is 10.7. The molecule has 2 aromatic rings. The number of fused-ring (bicyclic) bond motifs is 1. The van der Waals surface area contributed by atoms with E-state index in [1.165, 1.54) is 0 Å². The number of nitrogens with zero attached hydrogens (tertiary/aromatic N) is 3. The minimum atomic E-state index is -0.409. The Bertz CT molecular complexity index is 988. The number of pyridine rings is 1. The van der Waals surface area contributed by atoms with Crippen LogP contribution in [0.1, 0.15) is 38.2 Å². The molecule has 2 fully saturated rings. The second-order valence-electron chi connectivity index (χ2n) is 8.51. The summed E-state index contributed by atoms with van der Waals surface area (Å²) in [6.07, 6.45) is 9.81. The van der Waals surface area contributed by atoms with Crippen LogP contribution in [-0.2, 0) is 27.3 Å². The lowest BCUT2D eigenvalue weighted by Gasteiger charge is -2.39. The van der Waals surface area contributed by atoms with Gasteiger partial charge in [0.2, 0.25) is 5.91 Å². The van der Waals surface area contributed by atoms with Gasteiger partial charge in [-0.25, -0.2) is 9.67 Å². The fraction of sp³-hybridized carbons (Fsp3) is 0.571. The molecule has 0 atom stereocenters. The molecule has 0 aromatic carbocycles. The van der Waals surface area contributed by atoms with Gasteiger partial charge in [0.1, 0.15) is 5.60 Å². The number of ether oxygens (including phenoxy) is 1. The first-order chi connectivity index (χ1) is 14.6. The van der Waals surface area contributed by atoms with Gasteiger partial charge < -0.3 is 15.8 Å². The van der Waals surface area contributed by atoms with Crippen molar-refractivity contribution in [2.75, 3.05) is 18.5 Å². The number of nitrogens with two attached hydrogens (primary N) is 1. The molecule has 3 aliphatic rings. The van der Waals surface area contributed by atoms with Crippen molar-refractivity contribution in [3.63, 3.8) is 0 Å². The Balaban J connectivity index is 1.42. The molecule has 30 heavy (non-hydrogen) atoms. The number of aryl methyl sites for hydroxylation is 1. The van der Waals surface area contributed by atoms with Gasteiger partial charge >= 0.3 is 0 Å². The summed E-state index contributed by atoms with van der Waals surface area (Å²) in [5.41, 5.74) is 12.1. The maximum atomic E-state index is 11.4. The number of rotatable bonds is 6. The molecular formula is C21H28N6O3. The van der Waals surface area contributed by atoms with Crippen molar-refractivity contribution < 1.29 is 14.4 Å². The third-order valence-corrected chi connectivity index (χ3v) is 6.40. The number of hydrogen-bond acceptors (Lipinski definition) is 7. The van der Waals surface area contributed by atoms with E-state index in [1.54, 1.807) is 0 Å². The molecular weight excluding hydrogens is 384 g/mol. The molecule has 160 valence electrons. The van der Waals surface area contributed by atoms with E-state index in [9.17, 15) is 4.79 Å². The lowest BCUT2D eigenvalue weighted by molar-refractivity contribution is -0.145. The smallest absolute Gasteiger partial charge is 0.220 e. The predicted octanol–water partition coefficient (Wildman–Crippen LogP) is 1.64. The first kappa shape index (κ1) is 19.3. The normalized spacial score (nSPS) is 26.4. The van der Waals surface area contributed by atoms with E-state index < -0.39 is 5.60 Å². The highest BCUT2D eigenvalue weighted by Crippen LogP contribution is 2.44. The molecule has 9 heteroatoms. The summed E-state index contributed by atoms with van der Waals surface area (Å²) in [5.74, 6) is -0.359. The van der Waals surface area contributed by atoms with Gasteiger partial charge in [-0.2, -0.15) is 5.10 Å². The number of aromatic nitrogens is 3. The van der Waals surface area contributed by atoms with Gasteiger partial charge in [-0.1, -0.05) is 0 Å². The number of hydroxylamine groups is 1. The summed E-state index contributed by atoms with van der Waals surface area (Å²) < 4.78 is 7.43. The largest absolute Gasteiger partial charge is 0.381 e. The van der Waals surface area contributed by atoms with E-state index in [0.29, 0.717) is 25.3 Å². The van der Waals surface area contributed by atoms with E-state index in [4.69, 9.17) is 20.3 Å². The SMILES string of the molecule is CCn1ncc2c(NC3CCOCC3)c(CC3=CC4(CC(C(N)=O)C4)ON3)cnc21. The summed E-state index contributed by atoms with van der Waals surface area (Å²) in [5, 5.41) is 9.28. The first-order valence-corrected chi connectivity index (χ1v) is 10.7. The number of hydrogen-bond donors (Lipinski definition) is 3. The van der Waals surface area contributed by atoms with Gasteiger partial charge in [0, 0.05) is 55.6 Å². The fourth-order valence-corrected chi connectivity index (χ4v) is 4.66. The van der Waals surface area contributed by atoms with Crippen LogP contribution in [0.4, 0.5) is 5.69 Å². The molecule has 0 unspecified atom stereocenters. The molecule has 0 bridgehead atoms. The highest BCUT2D eigenvalue weighted by atomic mass is 16.7. The summed E-state index contributed by atoms with van der Waals surface area (Å²) in [4.78, 5) is 21.9. The van der Waals surface area contributed by atoms with E-state index in [-0.39, 0.29) is 11.8 Å². The zero-order chi connectivity index (χ0) is 20.7. The minimum Gasteiger partial charge on any atom is -0.381 e. The molecule has 2 aromatic heterocycles. The lowest BCUT2D eigenvalue weighted by atomic mass is 9.70. The average molecular weight is 412 g/mol. The number of amides is 1. The van der Waals surface area contributed by atoms with Crippen molar-refractivity contribution in [3.05, 3.63) is 29.7 Å². The second-order valence-corrected chi connectivity index (χ2v) is 8.51. The van der Waals surface area contributed by atoms with Crippen LogP contribution in [0.25, 0.3) is 11.0 Å². The average Bonchev–Trinajstić information content (AvgIpc) is 3.33. The second kappa shape index (κ2) is 7.55. The Morgan fingerprint density at radius 2 is 2.17 bits per heavy atom. The molecule has 9 nitrogen and oxygen atoms in total. The summed E-state index contributed by atoms with van der Waals surface area (Å²) in [6.45, 7) is 4.39. The molecule has 0 radical (unpaired) electrons. The van der Waals surface area contributed by atoms with Crippen LogP contribution in [0, 0.1) is 5.92 Å². The predicted molar refractivity (Wildman–Crippen MR) is 111 cm³/mol. The molecule has 1 saturated carbocycles. The molecule has 1 amide bonds. The molecule has 1 spiro atoms. The van der Waals surface area contributed by atoms with Crippen molar-refractivity contribution in [1.82, 2.24) is 20.2 Å². The number of carbonyl (C=O) groups is 1. The number of primary amides is 1. The van der Waals surface area contributed by atoms with Crippen molar-refractivity contribution in [1.29, 1.82) is 0 Å². The van der Waals surface area contributed by atoms with Gasteiger partial charge in [0.25, 0.3) is 0 Å². The van der Waals surface area contributed by atoms with Crippen molar-refractivity contribution in [3.8, 4) is 0 Å². The number of allylic oxidation sites excluding steroid dienone is 1. The summed E-state index contributed by atoms with van der Waals surface area (Å²) in [7, 11) is 0. The lowest BCUT2D eigenvalue weighted by Crippen LogP contribution is -2.48. The Kier molecular flexibility index (Phi) is 4.86. The van der Waals surface area contributed by atoms with Crippen LogP contribution in [0.5, 0.6) is 0 Å². The van der Waals surface area contributed by atoms with Gasteiger partial charge in [-0.15, -0.1) is 0 Å². The Morgan fingerprint density at radius 1 is 1.37 bits per heavy atom. The third-order valence-electron chi connectivity index (χ3n) is 6.40. The Morgan fingerprint density at radius 3 is 2.90 bits per heavy atom. The zero-order valence-corrected chi connectivity index (χ0v) is 17.2. The molecule has 5 rings (SSSR count). The van der Waals surface area contributed by atoms with Crippen LogP contribution >= 0.6 is 0 Å². The molecule has 4 N–H and O–H groups in total. The minimum absolute atomic E-state index is 0.106. The highest BCUT2D eigenvalue weighted by molar-refractivity contribution is 5.91. The van der Waals surface area contributed by atoms with E-state index in [1.807, 2.05) is 17.1 Å². The van der Waals surface area contributed by atoms with Gasteiger partial charge in [-0.3, -0.25) is 15.1 Å². The maximum absolute atomic E-state index is 11.4. The van der Waals surface area contributed by atoms with Crippen molar-refractivity contribution >= 4 is 22.6 Å². The van der Waals surface area contributed by atoms with E-state index >= 15 is 0 Å². The van der Waals surface area contributed by atoms with Crippen LogP contribution in [0.3, 0.4) is 0 Å². The van der Waals surface area contributed by atoms with Crippen LogP contribution in [0.15, 0.2) is 24.2 Å². The Hall–Kier alpha value is -2.65. The van der Waals surface area contributed by atoms with Gasteiger partial charge in [-0.05, 0) is 38.7 Å². The third kappa shape index (κ3) is 3.41. The van der Waals surface area contributed by atoms with Crippen LogP contribution in [0.2, 0.25) is 0 Å². The molecule has 1 aliphatic carbocycles. The topological polar surface area (TPSA) is 116 Å². The molecule has 4 heterocycles. The highest BCUT2D eigenvalue weighted by Gasteiger charge is 2.49. The number of carbonyl (C=O) groups excluding carboxylic acids is 1. The van der Waals surface area contributed by atoms with Gasteiger partial charge in [0.05, 0.1) is 17.3 Å². The Labute approximate surface area is 174 Å². The number of anilines is 1. The van der Waals surface area contributed by atoms with Crippen molar-refractivity contribution in [2.45, 2.75) is 57.2 Å². The maximum Gasteiger partial charge on any atom is 0.220 e. The van der Waals surface area contributed by atoms with E-state index in [0.717, 1.165) is 60.6 Å². The fourth-order valence-electron chi connectivity index (χ4n) is 4.66. The molecule has 1 saturated heterocycles. The van der Waals surface area contributed by atoms with Gasteiger partial charge in [0.15, 0.2) is 5.65 Å². The van der Waals surface area contributed by atoms with Crippen LogP contribution < -0.4 is 16.5 Å². The molecule has 2 aliphatic heterocycles. The summed E-state index contributed by atoms with van der Waals surface area (Å²) in [6, 6.07) is 0.365. The zero-order valence-electron chi connectivity index (χ0n) is 17.2. The van der Waals surface area contributed by atoms with E-state index in [2.05, 4.69) is 28.9 Å². The van der Waals surface area contributed by atoms with Crippen LogP contribution in [-0.4, -0.2) is 45.5 Å². The monoisotopic (exact) mass is 412 g/mol. The van der Waals surface area contributed by atoms with Crippen molar-refractivity contribution in [2.24, 2.45) is 11.7 Å². The number of nitrogens with one attached hydrogen (secondary N) is 2. The quantitative estimate of drug-likeness (QED) is 0.660.